The number of nitrogens with one attached hydrogen (secondary N) is 1. The normalized spacial score (nSPS) is 15.6. The largest absolute Gasteiger partial charge is 0.383 e. The molecule has 4 aromatic rings. The standard InChI is InChI=1S/C23H22ClFN6/c1-31-6-4-13(5-7-31)22-17(12-29-30-22)14-8-16(23(26)28-10-14)21-9-15-18(11-27-21)20(25)3-2-19(15)24/h2-3,8-13H,4-7H2,1H3,(H2,26,28)(H,29,30). The second-order valence-electron chi connectivity index (χ2n) is 8.08. The molecule has 31 heavy (non-hydrogen) atoms. The first-order valence-corrected chi connectivity index (χ1v) is 10.6. The van der Waals surface area contributed by atoms with Crippen LogP contribution < -0.4 is 5.73 Å². The number of piperidine rings is 1. The molecule has 0 amide bonds. The fourth-order valence-corrected chi connectivity index (χ4v) is 4.50. The molecule has 0 saturated carbocycles. The van der Waals surface area contributed by atoms with Crippen LogP contribution in [-0.4, -0.2) is 45.2 Å². The van der Waals surface area contributed by atoms with E-state index in [0.29, 0.717) is 38.8 Å². The summed E-state index contributed by atoms with van der Waals surface area (Å²) >= 11 is 6.30. The Hall–Kier alpha value is -3.03. The van der Waals surface area contributed by atoms with Gasteiger partial charge in [-0.1, -0.05) is 11.6 Å². The highest BCUT2D eigenvalue weighted by Gasteiger charge is 2.23. The molecule has 1 fully saturated rings. The smallest absolute Gasteiger partial charge is 0.132 e. The van der Waals surface area contributed by atoms with Crippen LogP contribution in [-0.2, 0) is 0 Å². The molecule has 3 N–H and O–H groups in total. The third-order valence-corrected chi connectivity index (χ3v) is 6.43. The van der Waals surface area contributed by atoms with Crippen molar-refractivity contribution >= 4 is 28.2 Å². The number of aromatic amines is 1. The molecule has 6 nitrogen and oxygen atoms in total. The second kappa shape index (κ2) is 7.90. The highest BCUT2D eigenvalue weighted by atomic mass is 35.5. The molecule has 4 heterocycles. The summed E-state index contributed by atoms with van der Waals surface area (Å²) in [5.74, 6) is 0.419. The maximum absolute atomic E-state index is 14.1. The van der Waals surface area contributed by atoms with Gasteiger partial charge in [0.2, 0.25) is 0 Å². The van der Waals surface area contributed by atoms with Crippen LogP contribution in [0.15, 0.2) is 42.9 Å². The average Bonchev–Trinajstić information content (AvgIpc) is 3.27. The Bertz CT molecular complexity index is 1260. The van der Waals surface area contributed by atoms with Crippen molar-refractivity contribution in [1.82, 2.24) is 25.1 Å². The lowest BCUT2D eigenvalue weighted by atomic mass is 9.89. The van der Waals surface area contributed by atoms with E-state index in [9.17, 15) is 4.39 Å². The lowest BCUT2D eigenvalue weighted by Crippen LogP contribution is -2.29. The number of fused-ring (bicyclic) bond motifs is 1. The van der Waals surface area contributed by atoms with Gasteiger partial charge in [0.1, 0.15) is 11.6 Å². The molecular weight excluding hydrogens is 415 g/mol. The summed E-state index contributed by atoms with van der Waals surface area (Å²) in [6, 6.07) is 6.60. The summed E-state index contributed by atoms with van der Waals surface area (Å²) in [4.78, 5) is 11.2. The van der Waals surface area contributed by atoms with Gasteiger partial charge in [0.25, 0.3) is 0 Å². The van der Waals surface area contributed by atoms with Crippen LogP contribution in [0, 0.1) is 5.82 Å². The highest BCUT2D eigenvalue weighted by molar-refractivity contribution is 6.35. The Morgan fingerprint density at radius 3 is 2.68 bits per heavy atom. The third-order valence-electron chi connectivity index (χ3n) is 6.10. The van der Waals surface area contributed by atoms with E-state index >= 15 is 0 Å². The number of anilines is 1. The summed E-state index contributed by atoms with van der Waals surface area (Å²) in [5.41, 5.74) is 10.5. The first-order valence-electron chi connectivity index (χ1n) is 10.2. The van der Waals surface area contributed by atoms with Gasteiger partial charge in [-0.25, -0.2) is 9.37 Å². The van der Waals surface area contributed by atoms with Crippen LogP contribution in [0.5, 0.6) is 0 Å². The Morgan fingerprint density at radius 2 is 1.87 bits per heavy atom. The van der Waals surface area contributed by atoms with E-state index in [1.807, 2.05) is 12.3 Å². The summed E-state index contributed by atoms with van der Waals surface area (Å²) in [6.07, 6.45) is 7.24. The summed E-state index contributed by atoms with van der Waals surface area (Å²) in [5, 5.41) is 8.93. The van der Waals surface area contributed by atoms with Crippen LogP contribution in [0.3, 0.4) is 0 Å². The van der Waals surface area contributed by atoms with Crippen molar-refractivity contribution in [1.29, 1.82) is 0 Å². The average molecular weight is 437 g/mol. The first kappa shape index (κ1) is 19.9. The predicted molar refractivity (Wildman–Crippen MR) is 121 cm³/mol. The number of hydrogen-bond acceptors (Lipinski definition) is 5. The fraction of sp³-hybridized carbons (Fsp3) is 0.261. The number of likely N-dealkylation sites (tertiary alicyclic amines) is 1. The molecule has 0 aliphatic carbocycles. The topological polar surface area (TPSA) is 83.7 Å². The van der Waals surface area contributed by atoms with Gasteiger partial charge in [-0.2, -0.15) is 5.10 Å². The molecule has 1 aromatic carbocycles. The number of rotatable bonds is 3. The van der Waals surface area contributed by atoms with Gasteiger partial charge in [-0.15, -0.1) is 0 Å². The Morgan fingerprint density at radius 1 is 1.06 bits per heavy atom. The maximum atomic E-state index is 14.1. The predicted octanol–water partition coefficient (Wildman–Crippen LogP) is 4.87. The second-order valence-corrected chi connectivity index (χ2v) is 8.48. The van der Waals surface area contributed by atoms with Gasteiger partial charge >= 0.3 is 0 Å². The first-order chi connectivity index (χ1) is 15.0. The van der Waals surface area contributed by atoms with Crippen molar-refractivity contribution in [3.8, 4) is 22.4 Å². The lowest BCUT2D eigenvalue weighted by Gasteiger charge is -2.28. The number of nitrogens with two attached hydrogens (primary N) is 1. The molecule has 0 unspecified atom stereocenters. The van der Waals surface area contributed by atoms with E-state index in [-0.39, 0.29) is 5.82 Å². The molecule has 5 rings (SSSR count). The Labute approximate surface area is 184 Å². The van der Waals surface area contributed by atoms with Crippen molar-refractivity contribution < 1.29 is 4.39 Å². The van der Waals surface area contributed by atoms with E-state index in [4.69, 9.17) is 17.3 Å². The number of nitrogen functional groups attached to an aromatic ring is 1. The van der Waals surface area contributed by atoms with E-state index in [1.54, 1.807) is 18.3 Å². The monoisotopic (exact) mass is 436 g/mol. The van der Waals surface area contributed by atoms with E-state index < -0.39 is 0 Å². The van der Waals surface area contributed by atoms with Gasteiger partial charge in [0, 0.05) is 56.5 Å². The Kier molecular flexibility index (Phi) is 5.08. The molecule has 0 spiro atoms. The molecular formula is C23H22ClFN6. The number of hydrogen-bond donors (Lipinski definition) is 2. The maximum Gasteiger partial charge on any atom is 0.132 e. The summed E-state index contributed by atoms with van der Waals surface area (Å²) < 4.78 is 14.1. The minimum Gasteiger partial charge on any atom is -0.383 e. The van der Waals surface area contributed by atoms with Gasteiger partial charge in [0.05, 0.1) is 11.9 Å². The van der Waals surface area contributed by atoms with Gasteiger partial charge in [-0.05, 0) is 57.2 Å². The summed E-state index contributed by atoms with van der Waals surface area (Å²) in [6.45, 7) is 2.12. The number of benzene rings is 1. The lowest BCUT2D eigenvalue weighted by molar-refractivity contribution is 0.253. The van der Waals surface area contributed by atoms with Crippen molar-refractivity contribution in [2.75, 3.05) is 25.9 Å². The van der Waals surface area contributed by atoms with E-state index in [2.05, 4.69) is 32.1 Å². The SMILES string of the molecule is CN1CCC(c2[nH]ncc2-c2cnc(N)c(-c3cc4c(Cl)ccc(F)c4cn3)c2)CC1. The third kappa shape index (κ3) is 3.64. The zero-order valence-electron chi connectivity index (χ0n) is 17.1. The minimum absolute atomic E-state index is 0.354. The molecule has 158 valence electrons. The quantitative estimate of drug-likeness (QED) is 0.478. The van der Waals surface area contributed by atoms with Crippen LogP contribution in [0.2, 0.25) is 5.02 Å². The molecule has 0 bridgehead atoms. The van der Waals surface area contributed by atoms with Crippen LogP contribution in [0.25, 0.3) is 33.2 Å². The number of nitrogens with zero attached hydrogens (tertiary/aromatic N) is 4. The molecule has 1 aliphatic rings. The number of H-pyrrole nitrogens is 1. The van der Waals surface area contributed by atoms with E-state index in [1.165, 1.54) is 12.3 Å². The zero-order chi connectivity index (χ0) is 21.5. The summed E-state index contributed by atoms with van der Waals surface area (Å²) in [7, 11) is 2.15. The minimum atomic E-state index is -0.362. The van der Waals surface area contributed by atoms with Gasteiger partial charge in [-0.3, -0.25) is 10.1 Å². The molecule has 8 heteroatoms. The molecule has 3 aromatic heterocycles. The number of pyridine rings is 2. The number of halogens is 2. The van der Waals surface area contributed by atoms with Gasteiger partial charge < -0.3 is 10.6 Å². The van der Waals surface area contributed by atoms with Crippen molar-refractivity contribution in [3.05, 3.63) is 59.4 Å². The Balaban J connectivity index is 1.57. The molecule has 0 atom stereocenters. The highest BCUT2D eigenvalue weighted by Crippen LogP contribution is 2.36. The molecule has 1 saturated heterocycles. The number of aromatic nitrogens is 4. The van der Waals surface area contributed by atoms with Crippen LogP contribution in [0.4, 0.5) is 10.2 Å². The molecule has 0 radical (unpaired) electrons. The van der Waals surface area contributed by atoms with Gasteiger partial charge in [0.15, 0.2) is 0 Å². The van der Waals surface area contributed by atoms with Crippen LogP contribution >= 0.6 is 11.6 Å². The van der Waals surface area contributed by atoms with Crippen molar-refractivity contribution in [2.24, 2.45) is 0 Å². The molecule has 1 aliphatic heterocycles. The van der Waals surface area contributed by atoms with Crippen molar-refractivity contribution in [3.63, 3.8) is 0 Å². The fourth-order valence-electron chi connectivity index (χ4n) is 4.28. The van der Waals surface area contributed by atoms with E-state index in [0.717, 1.165) is 42.8 Å². The van der Waals surface area contributed by atoms with Crippen LogP contribution in [0.1, 0.15) is 24.5 Å². The van der Waals surface area contributed by atoms with Crippen molar-refractivity contribution in [2.45, 2.75) is 18.8 Å². The zero-order valence-corrected chi connectivity index (χ0v) is 17.8.